The van der Waals surface area contributed by atoms with E-state index in [0.717, 1.165) is 32.1 Å². The quantitative estimate of drug-likeness (QED) is 0.835. The van der Waals surface area contributed by atoms with E-state index in [0.29, 0.717) is 17.0 Å². The lowest BCUT2D eigenvalue weighted by molar-refractivity contribution is 0.270. The summed E-state index contributed by atoms with van der Waals surface area (Å²) in [6.45, 7) is -0.122. The first-order chi connectivity index (χ1) is 10.0. The second-order valence-electron chi connectivity index (χ2n) is 5.90. The number of sulfonamides is 1. The van der Waals surface area contributed by atoms with E-state index in [2.05, 4.69) is 4.72 Å². The number of nitrogens with zero attached hydrogens (tertiary/aromatic N) is 1. The molecule has 2 atom stereocenters. The summed E-state index contributed by atoms with van der Waals surface area (Å²) in [6.07, 6.45) is 8.88. The maximum atomic E-state index is 12.6. The molecule has 7 heteroatoms. The van der Waals surface area contributed by atoms with Crippen LogP contribution in [0.25, 0.3) is 0 Å². The number of rotatable bonds is 6. The summed E-state index contributed by atoms with van der Waals surface area (Å²) in [5.74, 6) is 0. The highest BCUT2D eigenvalue weighted by atomic mass is 32.2. The minimum atomic E-state index is -3.50. The Hall–Kier alpha value is -0.500. The molecule has 1 aromatic rings. The van der Waals surface area contributed by atoms with Crippen LogP contribution in [0.15, 0.2) is 17.2 Å². The molecule has 2 saturated carbocycles. The van der Waals surface area contributed by atoms with Crippen LogP contribution in [0.5, 0.6) is 0 Å². The molecule has 0 aliphatic heterocycles. The summed E-state index contributed by atoms with van der Waals surface area (Å²) in [7, 11) is -3.50. The predicted octanol–water partition coefficient (Wildman–Crippen LogP) is 1.88. The molecule has 118 valence electrons. The number of hydrogen-bond donors (Lipinski definition) is 2. The first-order valence-corrected chi connectivity index (χ1v) is 10.2. The van der Waals surface area contributed by atoms with Crippen LogP contribution in [0.3, 0.4) is 0 Å². The number of thioether (sulfide) groups is 1. The van der Waals surface area contributed by atoms with Crippen molar-refractivity contribution in [2.24, 2.45) is 0 Å². The normalized spacial score (nSPS) is 26.4. The van der Waals surface area contributed by atoms with Gasteiger partial charge in [0.2, 0.25) is 10.0 Å². The molecule has 2 fully saturated rings. The summed E-state index contributed by atoms with van der Waals surface area (Å²) >= 11 is 1.73. The van der Waals surface area contributed by atoms with Gasteiger partial charge >= 0.3 is 0 Å². The summed E-state index contributed by atoms with van der Waals surface area (Å²) in [5.41, 5.74) is 0.686. The van der Waals surface area contributed by atoms with E-state index in [4.69, 9.17) is 0 Å². The molecule has 2 N–H and O–H groups in total. The third-order valence-corrected chi connectivity index (χ3v) is 7.01. The Morgan fingerprint density at radius 2 is 2.14 bits per heavy atom. The molecule has 1 heterocycles. The Labute approximate surface area is 130 Å². The maximum Gasteiger partial charge on any atom is 0.242 e. The molecular weight excluding hydrogens is 308 g/mol. The minimum Gasteiger partial charge on any atom is -0.390 e. The molecule has 0 amide bonds. The lowest BCUT2D eigenvalue weighted by Crippen LogP contribution is -2.38. The van der Waals surface area contributed by atoms with E-state index in [1.54, 1.807) is 24.0 Å². The minimum absolute atomic E-state index is 0.0202. The molecule has 2 unspecified atom stereocenters. The molecule has 2 aliphatic carbocycles. The lowest BCUT2D eigenvalue weighted by atomic mass is 10.3. The molecule has 0 aromatic carbocycles. The van der Waals surface area contributed by atoms with Crippen molar-refractivity contribution in [3.63, 3.8) is 0 Å². The first kappa shape index (κ1) is 15.4. The van der Waals surface area contributed by atoms with Gasteiger partial charge in [0.05, 0.1) is 11.5 Å². The van der Waals surface area contributed by atoms with Gasteiger partial charge in [-0.2, -0.15) is 11.8 Å². The summed E-state index contributed by atoms with van der Waals surface area (Å²) in [4.78, 5) is 0.283. The van der Waals surface area contributed by atoms with Gasteiger partial charge in [0, 0.05) is 29.2 Å². The average molecular weight is 330 g/mol. The topological polar surface area (TPSA) is 71.3 Å². The van der Waals surface area contributed by atoms with Crippen molar-refractivity contribution in [1.82, 2.24) is 9.29 Å². The van der Waals surface area contributed by atoms with E-state index < -0.39 is 10.0 Å². The van der Waals surface area contributed by atoms with Crippen LogP contribution in [0.1, 0.15) is 43.8 Å². The van der Waals surface area contributed by atoms with Crippen LogP contribution in [0, 0.1) is 0 Å². The van der Waals surface area contributed by atoms with E-state index >= 15 is 0 Å². The number of aliphatic hydroxyl groups excluding tert-OH is 1. The van der Waals surface area contributed by atoms with Gasteiger partial charge in [0.1, 0.15) is 0 Å². The molecule has 0 radical (unpaired) electrons. The molecule has 0 bridgehead atoms. The number of nitrogens with one attached hydrogen (secondary N) is 1. The van der Waals surface area contributed by atoms with Crippen molar-refractivity contribution in [1.29, 1.82) is 0 Å². The fourth-order valence-corrected chi connectivity index (χ4v) is 5.45. The standard InChI is InChI=1S/C14H22N2O3S2/c1-20-14-4-2-3-13(14)15-21(18,19)12-7-11(9-17)16(8-12)10-5-6-10/h7-8,10,13-15,17H,2-6,9H2,1H3. The Balaban J connectivity index is 1.81. The van der Waals surface area contributed by atoms with E-state index in [9.17, 15) is 13.5 Å². The lowest BCUT2D eigenvalue weighted by Gasteiger charge is -2.18. The van der Waals surface area contributed by atoms with Gasteiger partial charge in [0.15, 0.2) is 0 Å². The van der Waals surface area contributed by atoms with Gasteiger partial charge < -0.3 is 9.67 Å². The van der Waals surface area contributed by atoms with Crippen LogP contribution in [0.2, 0.25) is 0 Å². The fraction of sp³-hybridized carbons (Fsp3) is 0.714. The second-order valence-corrected chi connectivity index (χ2v) is 8.69. The molecule has 5 nitrogen and oxygen atoms in total. The highest BCUT2D eigenvalue weighted by Gasteiger charge is 2.32. The third kappa shape index (κ3) is 3.16. The van der Waals surface area contributed by atoms with Crippen LogP contribution in [-0.4, -0.2) is 35.6 Å². The highest BCUT2D eigenvalue weighted by molar-refractivity contribution is 7.99. The molecular formula is C14H22N2O3S2. The van der Waals surface area contributed by atoms with Gasteiger partial charge in [-0.3, -0.25) is 0 Å². The Bertz CT molecular complexity index is 608. The first-order valence-electron chi connectivity index (χ1n) is 7.42. The average Bonchev–Trinajstić information content (AvgIpc) is 3.04. The third-order valence-electron chi connectivity index (χ3n) is 4.38. The van der Waals surface area contributed by atoms with Crippen molar-refractivity contribution >= 4 is 21.8 Å². The van der Waals surface area contributed by atoms with Gasteiger partial charge in [0.25, 0.3) is 0 Å². The summed E-state index contributed by atoms with van der Waals surface area (Å²) in [5, 5.41) is 9.76. The van der Waals surface area contributed by atoms with E-state index in [1.807, 2.05) is 10.8 Å². The zero-order valence-electron chi connectivity index (χ0n) is 12.2. The van der Waals surface area contributed by atoms with Crippen LogP contribution < -0.4 is 4.72 Å². The van der Waals surface area contributed by atoms with Crippen molar-refractivity contribution in [2.45, 2.75) is 60.9 Å². The van der Waals surface area contributed by atoms with Gasteiger partial charge in [-0.05, 0) is 38.0 Å². The maximum absolute atomic E-state index is 12.6. The number of aromatic nitrogens is 1. The number of aliphatic hydroxyl groups is 1. The molecule has 1 aromatic heterocycles. The second kappa shape index (κ2) is 5.95. The fourth-order valence-electron chi connectivity index (χ4n) is 3.07. The largest absolute Gasteiger partial charge is 0.390 e. The Morgan fingerprint density at radius 3 is 2.76 bits per heavy atom. The van der Waals surface area contributed by atoms with Gasteiger partial charge in [-0.1, -0.05) is 6.42 Å². The zero-order chi connectivity index (χ0) is 15.0. The van der Waals surface area contributed by atoms with Crippen LogP contribution in [-0.2, 0) is 16.6 Å². The van der Waals surface area contributed by atoms with Crippen molar-refractivity contribution in [3.05, 3.63) is 18.0 Å². The molecule has 0 saturated heterocycles. The van der Waals surface area contributed by atoms with Gasteiger partial charge in [-0.15, -0.1) is 0 Å². The summed E-state index contributed by atoms with van der Waals surface area (Å²) in [6, 6.07) is 1.98. The smallest absolute Gasteiger partial charge is 0.242 e. The van der Waals surface area contributed by atoms with Crippen molar-refractivity contribution in [2.75, 3.05) is 6.26 Å². The Morgan fingerprint density at radius 1 is 1.38 bits per heavy atom. The predicted molar refractivity (Wildman–Crippen MR) is 83.9 cm³/mol. The van der Waals surface area contributed by atoms with Crippen molar-refractivity contribution < 1.29 is 13.5 Å². The SMILES string of the molecule is CSC1CCCC1NS(=O)(=O)c1cc(CO)n(C2CC2)c1. The Kier molecular flexibility index (Phi) is 4.36. The van der Waals surface area contributed by atoms with E-state index in [-0.39, 0.29) is 17.5 Å². The monoisotopic (exact) mass is 330 g/mol. The summed E-state index contributed by atoms with van der Waals surface area (Å²) < 4.78 is 29.9. The van der Waals surface area contributed by atoms with Crippen molar-refractivity contribution in [3.8, 4) is 0 Å². The molecule has 3 rings (SSSR count). The molecule has 0 spiro atoms. The van der Waals surface area contributed by atoms with Crippen LogP contribution >= 0.6 is 11.8 Å². The highest BCUT2D eigenvalue weighted by Crippen LogP contribution is 2.37. The van der Waals surface area contributed by atoms with E-state index in [1.165, 1.54) is 0 Å². The molecule has 2 aliphatic rings. The van der Waals surface area contributed by atoms with Crippen LogP contribution in [0.4, 0.5) is 0 Å². The number of hydrogen-bond acceptors (Lipinski definition) is 4. The zero-order valence-corrected chi connectivity index (χ0v) is 13.8. The molecule has 21 heavy (non-hydrogen) atoms. The van der Waals surface area contributed by atoms with Gasteiger partial charge in [-0.25, -0.2) is 13.1 Å².